The first-order valence-electron chi connectivity index (χ1n) is 4.38. The first kappa shape index (κ1) is 8.74. The molecule has 0 aliphatic heterocycles. The van der Waals surface area contributed by atoms with Crippen molar-refractivity contribution in [3.63, 3.8) is 0 Å². The number of hydrogen-bond donors (Lipinski definition) is 1. The van der Waals surface area contributed by atoms with Crippen LogP contribution in [0.2, 0.25) is 0 Å². The minimum Gasteiger partial charge on any atom is -0.336 e. The van der Waals surface area contributed by atoms with Gasteiger partial charge in [-0.3, -0.25) is 0 Å². The Balaban J connectivity index is 2.19. The highest BCUT2D eigenvalue weighted by Crippen LogP contribution is 2.16. The van der Waals surface area contributed by atoms with Crippen molar-refractivity contribution < 1.29 is 4.63 Å². The van der Waals surface area contributed by atoms with Gasteiger partial charge in [0.1, 0.15) is 5.69 Å². The molecule has 1 heterocycles. The molecule has 0 radical (unpaired) electrons. The summed E-state index contributed by atoms with van der Waals surface area (Å²) in [6.45, 7) is 3.89. The number of nitrogens with zero attached hydrogens (tertiary/aromatic N) is 2. The molecule has 2 rings (SSSR count). The summed E-state index contributed by atoms with van der Waals surface area (Å²) in [5.74, 6) is 0.661. The SMILES string of the molecule is Cc1ccc(Nc2nonc2C)cc1. The number of benzene rings is 1. The van der Waals surface area contributed by atoms with Gasteiger partial charge in [-0.15, -0.1) is 0 Å². The molecule has 0 atom stereocenters. The number of nitrogens with one attached hydrogen (secondary N) is 1. The normalized spacial score (nSPS) is 10.1. The first-order valence-corrected chi connectivity index (χ1v) is 4.38. The summed E-state index contributed by atoms with van der Waals surface area (Å²) < 4.78 is 4.58. The zero-order valence-electron chi connectivity index (χ0n) is 8.11. The molecular weight excluding hydrogens is 178 g/mol. The van der Waals surface area contributed by atoms with Crippen LogP contribution in [0.3, 0.4) is 0 Å². The summed E-state index contributed by atoms with van der Waals surface area (Å²) in [6.07, 6.45) is 0. The average molecular weight is 189 g/mol. The topological polar surface area (TPSA) is 51.0 Å². The Morgan fingerprint density at radius 2 is 1.79 bits per heavy atom. The van der Waals surface area contributed by atoms with Gasteiger partial charge in [0.05, 0.1) is 0 Å². The van der Waals surface area contributed by atoms with Crippen LogP contribution in [-0.2, 0) is 0 Å². The van der Waals surface area contributed by atoms with Crippen LogP contribution < -0.4 is 5.32 Å². The second-order valence-electron chi connectivity index (χ2n) is 3.19. The zero-order chi connectivity index (χ0) is 9.97. The van der Waals surface area contributed by atoms with Gasteiger partial charge in [-0.25, -0.2) is 4.63 Å². The Hall–Kier alpha value is -1.84. The van der Waals surface area contributed by atoms with Crippen molar-refractivity contribution in [3.05, 3.63) is 35.5 Å². The van der Waals surface area contributed by atoms with Crippen molar-refractivity contribution in [2.75, 3.05) is 5.32 Å². The van der Waals surface area contributed by atoms with E-state index in [1.165, 1.54) is 5.56 Å². The van der Waals surface area contributed by atoms with E-state index < -0.39 is 0 Å². The van der Waals surface area contributed by atoms with Crippen molar-refractivity contribution in [2.45, 2.75) is 13.8 Å². The fourth-order valence-corrected chi connectivity index (χ4v) is 1.12. The fraction of sp³-hybridized carbons (Fsp3) is 0.200. The van der Waals surface area contributed by atoms with Gasteiger partial charge in [0.2, 0.25) is 0 Å². The van der Waals surface area contributed by atoms with Gasteiger partial charge in [0, 0.05) is 5.69 Å². The van der Waals surface area contributed by atoms with Gasteiger partial charge in [-0.1, -0.05) is 22.9 Å². The van der Waals surface area contributed by atoms with Crippen molar-refractivity contribution in [1.82, 2.24) is 10.3 Å². The molecule has 0 amide bonds. The molecule has 14 heavy (non-hydrogen) atoms. The van der Waals surface area contributed by atoms with E-state index in [0.717, 1.165) is 11.4 Å². The molecule has 0 bridgehead atoms. The standard InChI is InChI=1S/C10H11N3O/c1-7-3-5-9(6-4-7)11-10-8(2)12-14-13-10/h3-6H,1-2H3,(H,11,13). The monoisotopic (exact) mass is 189 g/mol. The zero-order valence-corrected chi connectivity index (χ0v) is 8.11. The van der Waals surface area contributed by atoms with E-state index in [1.54, 1.807) is 0 Å². The molecule has 0 fully saturated rings. The molecule has 4 nitrogen and oxygen atoms in total. The number of aryl methyl sites for hydroxylation is 2. The third-order valence-corrected chi connectivity index (χ3v) is 1.97. The molecule has 0 saturated carbocycles. The van der Waals surface area contributed by atoms with E-state index in [-0.39, 0.29) is 0 Å². The molecule has 72 valence electrons. The summed E-state index contributed by atoms with van der Waals surface area (Å²) in [5.41, 5.74) is 2.96. The number of aromatic nitrogens is 2. The number of rotatable bonds is 2. The van der Waals surface area contributed by atoms with Gasteiger partial charge in [0.15, 0.2) is 5.82 Å². The van der Waals surface area contributed by atoms with Crippen LogP contribution >= 0.6 is 0 Å². The van der Waals surface area contributed by atoms with Gasteiger partial charge in [0.25, 0.3) is 0 Å². The summed E-state index contributed by atoms with van der Waals surface area (Å²) >= 11 is 0. The molecule has 0 saturated heterocycles. The Labute approximate surface area is 81.9 Å². The van der Waals surface area contributed by atoms with E-state index in [9.17, 15) is 0 Å². The highest BCUT2D eigenvalue weighted by Gasteiger charge is 2.03. The molecule has 0 unspecified atom stereocenters. The summed E-state index contributed by atoms with van der Waals surface area (Å²) in [4.78, 5) is 0. The van der Waals surface area contributed by atoms with Crippen molar-refractivity contribution in [2.24, 2.45) is 0 Å². The third-order valence-electron chi connectivity index (χ3n) is 1.97. The van der Waals surface area contributed by atoms with Crippen molar-refractivity contribution >= 4 is 11.5 Å². The van der Waals surface area contributed by atoms with Crippen LogP contribution in [0.25, 0.3) is 0 Å². The van der Waals surface area contributed by atoms with Gasteiger partial charge < -0.3 is 5.32 Å². The van der Waals surface area contributed by atoms with Crippen LogP contribution in [0.15, 0.2) is 28.9 Å². The Kier molecular flexibility index (Phi) is 2.18. The Morgan fingerprint density at radius 3 is 2.36 bits per heavy atom. The Bertz CT molecular complexity index is 419. The second-order valence-corrected chi connectivity index (χ2v) is 3.19. The number of hydrogen-bond acceptors (Lipinski definition) is 4. The highest BCUT2D eigenvalue weighted by molar-refractivity contribution is 5.57. The molecule has 2 aromatic rings. The van der Waals surface area contributed by atoms with E-state index in [2.05, 4.69) is 20.3 Å². The molecule has 0 aliphatic rings. The van der Waals surface area contributed by atoms with Crippen molar-refractivity contribution in [1.29, 1.82) is 0 Å². The summed E-state index contributed by atoms with van der Waals surface area (Å²) in [6, 6.07) is 8.04. The smallest absolute Gasteiger partial charge is 0.198 e. The summed E-state index contributed by atoms with van der Waals surface area (Å²) in [7, 11) is 0. The minimum atomic E-state index is 0.661. The number of anilines is 2. The van der Waals surface area contributed by atoms with Crippen LogP contribution in [0.1, 0.15) is 11.3 Å². The van der Waals surface area contributed by atoms with Gasteiger partial charge in [-0.05, 0) is 31.1 Å². The second kappa shape index (κ2) is 3.49. The molecule has 0 aliphatic carbocycles. The fourth-order valence-electron chi connectivity index (χ4n) is 1.12. The predicted molar refractivity (Wildman–Crippen MR) is 53.5 cm³/mol. The maximum atomic E-state index is 4.58. The lowest BCUT2D eigenvalue weighted by molar-refractivity contribution is 0.306. The third kappa shape index (κ3) is 1.74. The lowest BCUT2D eigenvalue weighted by atomic mass is 10.2. The van der Waals surface area contributed by atoms with E-state index >= 15 is 0 Å². The molecule has 0 spiro atoms. The molecule has 1 aromatic heterocycles. The van der Waals surface area contributed by atoms with Gasteiger partial charge >= 0.3 is 0 Å². The predicted octanol–water partition coefficient (Wildman–Crippen LogP) is 2.43. The van der Waals surface area contributed by atoms with Crippen LogP contribution in [0.5, 0.6) is 0 Å². The van der Waals surface area contributed by atoms with E-state index in [1.807, 2.05) is 38.1 Å². The van der Waals surface area contributed by atoms with Gasteiger partial charge in [-0.2, -0.15) is 0 Å². The largest absolute Gasteiger partial charge is 0.336 e. The average Bonchev–Trinajstić information content (AvgIpc) is 2.56. The maximum absolute atomic E-state index is 4.58. The van der Waals surface area contributed by atoms with Crippen molar-refractivity contribution in [3.8, 4) is 0 Å². The lowest BCUT2D eigenvalue weighted by Crippen LogP contribution is -1.92. The molecular formula is C10H11N3O. The molecule has 1 aromatic carbocycles. The quantitative estimate of drug-likeness (QED) is 0.788. The molecule has 1 N–H and O–H groups in total. The first-order chi connectivity index (χ1) is 6.75. The molecule has 4 heteroatoms. The maximum Gasteiger partial charge on any atom is 0.198 e. The van der Waals surface area contributed by atoms with E-state index in [0.29, 0.717) is 5.82 Å². The van der Waals surface area contributed by atoms with Crippen LogP contribution in [0, 0.1) is 13.8 Å². The van der Waals surface area contributed by atoms with E-state index in [4.69, 9.17) is 0 Å². The Morgan fingerprint density at radius 1 is 1.07 bits per heavy atom. The lowest BCUT2D eigenvalue weighted by Gasteiger charge is -2.02. The highest BCUT2D eigenvalue weighted by atomic mass is 16.6. The van der Waals surface area contributed by atoms with Crippen LogP contribution in [-0.4, -0.2) is 10.3 Å². The van der Waals surface area contributed by atoms with Crippen LogP contribution in [0.4, 0.5) is 11.5 Å². The minimum absolute atomic E-state index is 0.661. The summed E-state index contributed by atoms with van der Waals surface area (Å²) in [5, 5.41) is 10.5.